The van der Waals surface area contributed by atoms with Crippen LogP contribution in [0.5, 0.6) is 11.5 Å². The topological polar surface area (TPSA) is 59.1 Å². The summed E-state index contributed by atoms with van der Waals surface area (Å²) in [6.45, 7) is 2.96. The fourth-order valence-electron chi connectivity index (χ4n) is 5.33. The second-order valence-electron chi connectivity index (χ2n) is 7.67. The first-order valence-corrected chi connectivity index (χ1v) is 11.0. The first kappa shape index (κ1) is 15.9. The van der Waals surface area contributed by atoms with Gasteiger partial charge in [-0.15, -0.1) is 0 Å². The standard InChI is InChI=1S/C18H24N2O4S/c1-25(21,22)20-6-2-3-13-15(20)5-8-19-7-4-12-9-16-17(24-11-23-16)10-14(12)18(13)19/h9-10,13,15,18H,2-8,11H2,1H3/t13-,15+,18+/m1/s1. The monoisotopic (exact) mass is 364 g/mol. The van der Waals surface area contributed by atoms with E-state index in [1.807, 2.05) is 0 Å². The predicted molar refractivity (Wildman–Crippen MR) is 93.3 cm³/mol. The number of nitrogens with zero attached hydrogens (tertiary/aromatic N) is 2. The molecule has 136 valence electrons. The van der Waals surface area contributed by atoms with Gasteiger partial charge in [0.25, 0.3) is 0 Å². The second-order valence-corrected chi connectivity index (χ2v) is 9.61. The van der Waals surface area contributed by atoms with E-state index in [4.69, 9.17) is 9.47 Å². The van der Waals surface area contributed by atoms with Gasteiger partial charge in [-0.1, -0.05) is 0 Å². The number of ether oxygens (including phenoxy) is 2. The number of fused-ring (bicyclic) bond motifs is 6. The summed E-state index contributed by atoms with van der Waals surface area (Å²) in [5.74, 6) is 2.04. The van der Waals surface area contributed by atoms with Gasteiger partial charge in [0.1, 0.15) is 0 Å². The number of hydrogen-bond acceptors (Lipinski definition) is 5. The van der Waals surface area contributed by atoms with E-state index < -0.39 is 10.0 Å². The third-order valence-electron chi connectivity index (χ3n) is 6.34. The van der Waals surface area contributed by atoms with Crippen LogP contribution in [0.3, 0.4) is 0 Å². The Bertz CT molecular complexity index is 810. The van der Waals surface area contributed by atoms with E-state index in [1.54, 1.807) is 4.31 Å². The number of piperidine rings is 2. The van der Waals surface area contributed by atoms with Crippen LogP contribution in [0, 0.1) is 5.92 Å². The molecule has 0 aromatic heterocycles. The molecule has 4 aliphatic heterocycles. The van der Waals surface area contributed by atoms with E-state index in [1.165, 1.54) is 17.4 Å². The minimum atomic E-state index is -3.15. The van der Waals surface area contributed by atoms with E-state index >= 15 is 0 Å². The van der Waals surface area contributed by atoms with Crippen molar-refractivity contribution in [3.8, 4) is 11.5 Å². The third kappa shape index (κ3) is 2.47. The fraction of sp³-hybridized carbons (Fsp3) is 0.667. The number of hydrogen-bond donors (Lipinski definition) is 0. The van der Waals surface area contributed by atoms with Crippen LogP contribution >= 0.6 is 0 Å². The van der Waals surface area contributed by atoms with Crippen molar-refractivity contribution in [2.75, 3.05) is 32.7 Å². The summed E-state index contributed by atoms with van der Waals surface area (Å²) in [5.41, 5.74) is 2.66. The van der Waals surface area contributed by atoms with Crippen LogP contribution in [0.1, 0.15) is 36.4 Å². The molecule has 5 rings (SSSR count). The molecule has 7 heteroatoms. The highest BCUT2D eigenvalue weighted by atomic mass is 32.2. The Hall–Kier alpha value is -1.31. The summed E-state index contributed by atoms with van der Waals surface area (Å²) in [7, 11) is -3.15. The normalized spacial score (nSPS) is 32.0. The minimum Gasteiger partial charge on any atom is -0.454 e. The highest BCUT2D eigenvalue weighted by Gasteiger charge is 2.47. The van der Waals surface area contributed by atoms with Crippen LogP contribution in [0.25, 0.3) is 0 Å². The zero-order chi connectivity index (χ0) is 17.2. The van der Waals surface area contributed by atoms with Crippen molar-refractivity contribution in [2.24, 2.45) is 5.92 Å². The lowest BCUT2D eigenvalue weighted by Gasteiger charge is -2.53. The summed E-state index contributed by atoms with van der Waals surface area (Å²) >= 11 is 0. The molecular formula is C18H24N2O4S. The van der Waals surface area contributed by atoms with Crippen LogP contribution in [0.15, 0.2) is 12.1 Å². The van der Waals surface area contributed by atoms with Crippen LogP contribution in [0.2, 0.25) is 0 Å². The molecule has 2 fully saturated rings. The molecule has 3 atom stereocenters. The quantitative estimate of drug-likeness (QED) is 0.760. The molecule has 0 unspecified atom stereocenters. The average molecular weight is 364 g/mol. The molecule has 6 nitrogen and oxygen atoms in total. The minimum absolute atomic E-state index is 0.126. The van der Waals surface area contributed by atoms with Crippen molar-refractivity contribution in [3.05, 3.63) is 23.3 Å². The van der Waals surface area contributed by atoms with Crippen molar-refractivity contribution in [1.29, 1.82) is 0 Å². The smallest absolute Gasteiger partial charge is 0.231 e. The number of benzene rings is 1. The largest absolute Gasteiger partial charge is 0.454 e. The zero-order valence-corrected chi connectivity index (χ0v) is 15.3. The molecule has 25 heavy (non-hydrogen) atoms. The molecule has 1 aromatic carbocycles. The Morgan fingerprint density at radius 2 is 1.88 bits per heavy atom. The Balaban J connectivity index is 1.56. The first-order valence-electron chi connectivity index (χ1n) is 9.15. The van der Waals surface area contributed by atoms with E-state index in [0.717, 1.165) is 50.3 Å². The van der Waals surface area contributed by atoms with Gasteiger partial charge in [0.15, 0.2) is 11.5 Å². The second kappa shape index (κ2) is 5.59. The van der Waals surface area contributed by atoms with Gasteiger partial charge in [-0.3, -0.25) is 4.90 Å². The molecule has 0 aliphatic carbocycles. The van der Waals surface area contributed by atoms with Gasteiger partial charge in [0.2, 0.25) is 16.8 Å². The van der Waals surface area contributed by atoms with E-state index in [-0.39, 0.29) is 6.04 Å². The van der Waals surface area contributed by atoms with Gasteiger partial charge in [-0.2, -0.15) is 4.31 Å². The SMILES string of the molecule is CS(=O)(=O)N1CCC[C@H]2[C@H]3c4cc5c(cc4CCN3CC[C@@H]21)OCO5. The maximum Gasteiger partial charge on any atom is 0.231 e. The maximum absolute atomic E-state index is 12.3. The predicted octanol–water partition coefficient (Wildman–Crippen LogP) is 1.76. The van der Waals surface area contributed by atoms with Crippen LogP contribution < -0.4 is 9.47 Å². The Labute approximate surface area is 148 Å². The average Bonchev–Trinajstić information content (AvgIpc) is 3.05. The molecule has 0 spiro atoms. The van der Waals surface area contributed by atoms with E-state index in [0.29, 0.717) is 25.3 Å². The summed E-state index contributed by atoms with van der Waals surface area (Å²) in [4.78, 5) is 2.55. The molecule has 0 amide bonds. The van der Waals surface area contributed by atoms with E-state index in [9.17, 15) is 8.42 Å². The van der Waals surface area contributed by atoms with Gasteiger partial charge >= 0.3 is 0 Å². The molecule has 1 aromatic rings. The first-order chi connectivity index (χ1) is 12.0. The van der Waals surface area contributed by atoms with Crippen molar-refractivity contribution >= 4 is 10.0 Å². The van der Waals surface area contributed by atoms with Crippen molar-refractivity contribution in [2.45, 2.75) is 37.8 Å². The van der Waals surface area contributed by atoms with Crippen LogP contribution in [0.4, 0.5) is 0 Å². The van der Waals surface area contributed by atoms with Crippen molar-refractivity contribution in [3.63, 3.8) is 0 Å². The molecule has 0 saturated carbocycles. The van der Waals surface area contributed by atoms with Gasteiger partial charge < -0.3 is 9.47 Å². The highest BCUT2D eigenvalue weighted by Crippen LogP contribution is 2.49. The number of rotatable bonds is 1. The molecule has 2 saturated heterocycles. The number of sulfonamides is 1. The summed E-state index contributed by atoms with van der Waals surface area (Å²) < 4.78 is 37.5. The maximum atomic E-state index is 12.3. The van der Waals surface area contributed by atoms with E-state index in [2.05, 4.69) is 17.0 Å². The van der Waals surface area contributed by atoms with Gasteiger partial charge in [-0.05, 0) is 54.9 Å². The lowest BCUT2D eigenvalue weighted by Crippen LogP contribution is -2.57. The van der Waals surface area contributed by atoms with Gasteiger partial charge in [-0.25, -0.2) is 8.42 Å². The third-order valence-corrected chi connectivity index (χ3v) is 7.64. The Morgan fingerprint density at radius 1 is 1.08 bits per heavy atom. The molecular weight excluding hydrogens is 340 g/mol. The van der Waals surface area contributed by atoms with Crippen molar-refractivity contribution in [1.82, 2.24) is 9.21 Å². The fourth-order valence-corrected chi connectivity index (χ4v) is 6.55. The summed E-state index contributed by atoms with van der Waals surface area (Å²) in [6, 6.07) is 4.70. The Kier molecular flexibility index (Phi) is 3.56. The van der Waals surface area contributed by atoms with Gasteiger partial charge in [0, 0.05) is 31.7 Å². The summed E-state index contributed by atoms with van der Waals surface area (Å²) in [5, 5.41) is 0. The Morgan fingerprint density at radius 3 is 2.68 bits per heavy atom. The van der Waals surface area contributed by atoms with Gasteiger partial charge in [0.05, 0.1) is 6.26 Å². The van der Waals surface area contributed by atoms with Crippen LogP contribution in [-0.2, 0) is 16.4 Å². The molecule has 0 radical (unpaired) electrons. The molecule has 0 bridgehead atoms. The van der Waals surface area contributed by atoms with Crippen molar-refractivity contribution < 1.29 is 17.9 Å². The highest BCUT2D eigenvalue weighted by molar-refractivity contribution is 7.88. The lowest BCUT2D eigenvalue weighted by atomic mass is 9.73. The molecule has 4 aliphatic rings. The molecule has 4 heterocycles. The summed E-state index contributed by atoms with van der Waals surface area (Å²) in [6.07, 6.45) is 5.35. The van der Waals surface area contributed by atoms with Crippen LogP contribution in [-0.4, -0.2) is 56.3 Å². The molecule has 0 N–H and O–H groups in total. The zero-order valence-electron chi connectivity index (χ0n) is 14.5. The lowest BCUT2D eigenvalue weighted by molar-refractivity contribution is 0.00743.